The van der Waals surface area contributed by atoms with Crippen LogP contribution in [0.2, 0.25) is 0 Å². The van der Waals surface area contributed by atoms with Crippen LogP contribution >= 0.6 is 0 Å². The highest BCUT2D eigenvalue weighted by atomic mass is 16.5. The number of phenolic OH excluding ortho intramolecular Hbond substituents is 2. The highest BCUT2D eigenvalue weighted by Gasteiger charge is 2.32. The van der Waals surface area contributed by atoms with Gasteiger partial charge in [-0.05, 0) is 18.2 Å². The molecule has 0 bridgehead atoms. The van der Waals surface area contributed by atoms with E-state index in [-0.39, 0.29) is 45.6 Å². The van der Waals surface area contributed by atoms with Crippen LogP contribution in [0, 0.1) is 0 Å². The Morgan fingerprint density at radius 1 is 1.00 bits per heavy atom. The lowest BCUT2D eigenvalue weighted by atomic mass is 9.86. The van der Waals surface area contributed by atoms with Crippen LogP contribution in [0.25, 0.3) is 33.3 Å². The second kappa shape index (κ2) is 11.1. The number of methoxy groups -OCH3 is 1. The molecule has 10 nitrogen and oxygen atoms in total. The summed E-state index contributed by atoms with van der Waals surface area (Å²) in [6.07, 6.45) is 0.999. The maximum atomic E-state index is 14.0. The summed E-state index contributed by atoms with van der Waals surface area (Å²) in [6.45, 7) is 1.48. The van der Waals surface area contributed by atoms with Gasteiger partial charge < -0.3 is 33.4 Å². The molecule has 1 atom stereocenters. The van der Waals surface area contributed by atoms with Gasteiger partial charge in [0.1, 0.15) is 39.6 Å². The molecule has 0 saturated carbocycles. The van der Waals surface area contributed by atoms with Crippen LogP contribution in [0.1, 0.15) is 23.5 Å². The topological polar surface area (TPSA) is 140 Å². The van der Waals surface area contributed by atoms with E-state index in [1.807, 2.05) is 6.07 Å². The molecule has 10 heteroatoms. The number of carbonyl (C=O) groups is 1. The predicted molar refractivity (Wildman–Crippen MR) is 154 cm³/mol. The van der Waals surface area contributed by atoms with Crippen molar-refractivity contribution in [2.45, 2.75) is 12.3 Å². The van der Waals surface area contributed by atoms with Crippen molar-refractivity contribution in [3.8, 4) is 28.6 Å². The van der Waals surface area contributed by atoms with E-state index in [9.17, 15) is 24.6 Å². The Bertz CT molecular complexity index is 1920. The van der Waals surface area contributed by atoms with Crippen molar-refractivity contribution in [3.05, 3.63) is 98.5 Å². The highest BCUT2D eigenvalue weighted by Crippen LogP contribution is 2.42. The Balaban J connectivity index is 1.62. The van der Waals surface area contributed by atoms with Crippen molar-refractivity contribution in [2.75, 3.05) is 33.4 Å². The Kier molecular flexibility index (Phi) is 7.13. The molecule has 214 valence electrons. The predicted octanol–water partition coefficient (Wildman–Crippen LogP) is 4.37. The van der Waals surface area contributed by atoms with E-state index in [1.165, 1.54) is 25.5 Å². The number of nitrogens with zero attached hydrogens (tertiary/aromatic N) is 1. The van der Waals surface area contributed by atoms with Gasteiger partial charge in [-0.3, -0.25) is 14.4 Å². The number of ether oxygens (including phenoxy) is 2. The number of hydrogen-bond acceptors (Lipinski definition) is 9. The second-order valence-corrected chi connectivity index (χ2v) is 10.0. The molecule has 1 amide bonds. The molecule has 1 saturated heterocycles. The maximum Gasteiger partial charge on any atom is 0.223 e. The van der Waals surface area contributed by atoms with Crippen LogP contribution in [0.5, 0.6) is 17.2 Å². The molecule has 3 aromatic carbocycles. The van der Waals surface area contributed by atoms with Gasteiger partial charge in [-0.15, -0.1) is 0 Å². The molecule has 6 rings (SSSR count). The van der Waals surface area contributed by atoms with Gasteiger partial charge in [0.25, 0.3) is 0 Å². The van der Waals surface area contributed by atoms with E-state index < -0.39 is 28.3 Å². The number of phenols is 2. The lowest BCUT2D eigenvalue weighted by Crippen LogP contribution is -2.41. The summed E-state index contributed by atoms with van der Waals surface area (Å²) in [5, 5.41) is 22.0. The van der Waals surface area contributed by atoms with Crippen molar-refractivity contribution in [2.24, 2.45) is 0 Å². The number of morpholine rings is 1. The molecular weight excluding hydrogens is 542 g/mol. The third-order valence-electron chi connectivity index (χ3n) is 7.53. The lowest BCUT2D eigenvalue weighted by Gasteiger charge is -2.29. The third-order valence-corrected chi connectivity index (χ3v) is 7.53. The Labute approximate surface area is 238 Å². The van der Waals surface area contributed by atoms with Crippen LogP contribution in [0.15, 0.2) is 85.4 Å². The summed E-state index contributed by atoms with van der Waals surface area (Å²) in [7, 11) is 1.48. The number of aromatic hydroxyl groups is 2. The van der Waals surface area contributed by atoms with Crippen molar-refractivity contribution in [1.29, 1.82) is 0 Å². The van der Waals surface area contributed by atoms with Crippen molar-refractivity contribution in [1.82, 2.24) is 4.90 Å². The quantitative estimate of drug-likeness (QED) is 0.305. The van der Waals surface area contributed by atoms with E-state index >= 15 is 0 Å². The van der Waals surface area contributed by atoms with Crippen LogP contribution in [-0.2, 0) is 9.53 Å². The van der Waals surface area contributed by atoms with Crippen molar-refractivity contribution < 1.29 is 33.3 Å². The Morgan fingerprint density at radius 2 is 1.76 bits per heavy atom. The van der Waals surface area contributed by atoms with Crippen LogP contribution in [0.3, 0.4) is 0 Å². The van der Waals surface area contributed by atoms with Crippen LogP contribution in [0.4, 0.5) is 0 Å². The molecule has 5 aromatic rings. The first kappa shape index (κ1) is 27.1. The minimum atomic E-state index is -1.11. The summed E-state index contributed by atoms with van der Waals surface area (Å²) in [5.41, 5.74) is -0.173. The van der Waals surface area contributed by atoms with Gasteiger partial charge in [0.2, 0.25) is 5.91 Å². The first-order chi connectivity index (χ1) is 20.4. The summed E-state index contributed by atoms with van der Waals surface area (Å²) in [5.74, 6) is -1.72. The van der Waals surface area contributed by atoms with Crippen LogP contribution < -0.4 is 15.6 Å². The molecule has 1 aliphatic rings. The zero-order valence-electron chi connectivity index (χ0n) is 22.7. The number of amides is 1. The molecule has 0 aliphatic carbocycles. The standard InChI is InChI=1S/C32H27NO9/c1-39-19-7-8-26-21(13-19)31(38)22(17-41-26)20(14-28(37)33-9-11-40-12-10-33)29-23(34)15-24(35)30-25(36)16-27(42-32(29)30)18-5-3-2-4-6-18/h2-8,13,15-17,20,34-35H,9-12,14H2,1H3/t20-/m0/s1. The number of hydrogen-bond donors (Lipinski definition) is 2. The molecule has 0 radical (unpaired) electrons. The van der Waals surface area contributed by atoms with E-state index in [2.05, 4.69) is 0 Å². The smallest absolute Gasteiger partial charge is 0.223 e. The number of fused-ring (bicyclic) bond motifs is 2. The number of carbonyl (C=O) groups excluding carboxylic acids is 1. The van der Waals surface area contributed by atoms with Gasteiger partial charge in [-0.1, -0.05) is 30.3 Å². The maximum absolute atomic E-state index is 14.0. The van der Waals surface area contributed by atoms with E-state index in [0.717, 1.165) is 6.07 Å². The molecule has 3 heterocycles. The molecule has 1 aliphatic heterocycles. The van der Waals surface area contributed by atoms with Gasteiger partial charge in [-0.25, -0.2) is 0 Å². The molecule has 2 aromatic heterocycles. The second-order valence-electron chi connectivity index (χ2n) is 10.0. The minimum Gasteiger partial charge on any atom is -0.507 e. The average molecular weight is 570 g/mol. The normalized spacial score (nSPS) is 14.3. The molecule has 1 fully saturated rings. The third kappa shape index (κ3) is 4.86. The first-order valence-corrected chi connectivity index (χ1v) is 13.4. The number of benzene rings is 3. The molecule has 42 heavy (non-hydrogen) atoms. The first-order valence-electron chi connectivity index (χ1n) is 13.4. The summed E-state index contributed by atoms with van der Waals surface area (Å²) >= 11 is 0. The fourth-order valence-corrected chi connectivity index (χ4v) is 5.38. The van der Waals surface area contributed by atoms with E-state index in [4.69, 9.17) is 18.3 Å². The fourth-order valence-electron chi connectivity index (χ4n) is 5.38. The van der Waals surface area contributed by atoms with Gasteiger partial charge in [-0.2, -0.15) is 0 Å². The molecule has 0 unspecified atom stereocenters. The van der Waals surface area contributed by atoms with Gasteiger partial charge >= 0.3 is 0 Å². The highest BCUT2D eigenvalue weighted by molar-refractivity contribution is 5.91. The zero-order chi connectivity index (χ0) is 29.4. The Morgan fingerprint density at radius 3 is 2.50 bits per heavy atom. The number of rotatable bonds is 6. The fraction of sp³-hybridized carbons (Fsp3) is 0.219. The summed E-state index contributed by atoms with van der Waals surface area (Å²) < 4.78 is 22.7. The van der Waals surface area contributed by atoms with Gasteiger partial charge in [0.05, 0.1) is 32.0 Å². The zero-order valence-corrected chi connectivity index (χ0v) is 22.7. The van der Waals surface area contributed by atoms with Gasteiger partial charge in [0.15, 0.2) is 10.9 Å². The molecule has 0 spiro atoms. The molecule has 2 N–H and O–H groups in total. The summed E-state index contributed by atoms with van der Waals surface area (Å²) in [4.78, 5) is 42.5. The van der Waals surface area contributed by atoms with E-state index in [1.54, 1.807) is 41.3 Å². The monoisotopic (exact) mass is 569 g/mol. The van der Waals surface area contributed by atoms with Crippen LogP contribution in [-0.4, -0.2) is 54.4 Å². The lowest BCUT2D eigenvalue weighted by molar-refractivity contribution is -0.135. The Hall–Kier alpha value is -5.09. The largest absolute Gasteiger partial charge is 0.507 e. The molecular formula is C32H27NO9. The minimum absolute atomic E-state index is 0.00818. The van der Waals surface area contributed by atoms with Crippen molar-refractivity contribution in [3.63, 3.8) is 0 Å². The average Bonchev–Trinajstić information content (AvgIpc) is 3.01. The summed E-state index contributed by atoms with van der Waals surface area (Å²) in [6, 6.07) is 15.9. The van der Waals surface area contributed by atoms with E-state index in [0.29, 0.717) is 43.2 Å². The van der Waals surface area contributed by atoms with Gasteiger partial charge in [0, 0.05) is 54.3 Å². The SMILES string of the molecule is COc1ccc2occ([C@H](CC(=O)N3CCOCC3)c3c(O)cc(O)c4c(=O)cc(-c5ccccc5)oc34)c(=O)c2c1. The van der Waals surface area contributed by atoms with Crippen molar-refractivity contribution >= 4 is 27.8 Å².